The fourth-order valence-electron chi connectivity index (χ4n) is 4.90. The minimum absolute atomic E-state index is 0.0371. The van der Waals surface area contributed by atoms with Gasteiger partial charge in [-0.1, -0.05) is 12.1 Å². The van der Waals surface area contributed by atoms with Crippen molar-refractivity contribution in [1.82, 2.24) is 15.1 Å². The van der Waals surface area contributed by atoms with Crippen LogP contribution >= 0.6 is 0 Å². The number of hydrogen-bond donors (Lipinski definition) is 1. The van der Waals surface area contributed by atoms with Crippen LogP contribution in [0.5, 0.6) is 5.75 Å². The number of ether oxygens (including phenoxy) is 1. The zero-order valence-corrected chi connectivity index (χ0v) is 18.6. The van der Waals surface area contributed by atoms with Crippen molar-refractivity contribution in [1.29, 1.82) is 0 Å². The molecule has 3 heterocycles. The molecular weight excluding hydrogens is 410 g/mol. The number of benzene rings is 1. The lowest BCUT2D eigenvalue weighted by Crippen LogP contribution is -2.49. The van der Waals surface area contributed by atoms with Crippen molar-refractivity contribution in [3.05, 3.63) is 29.8 Å². The van der Waals surface area contributed by atoms with E-state index in [1.165, 1.54) is 0 Å². The zero-order chi connectivity index (χ0) is 22.7. The predicted molar refractivity (Wildman–Crippen MR) is 117 cm³/mol. The third-order valence-corrected chi connectivity index (χ3v) is 6.84. The summed E-state index contributed by atoms with van der Waals surface area (Å²) in [4.78, 5) is 53.3. The first-order valence-electron chi connectivity index (χ1n) is 11.5. The maximum absolute atomic E-state index is 12.8. The average molecular weight is 442 g/mol. The Kier molecular flexibility index (Phi) is 6.48. The van der Waals surface area contributed by atoms with Crippen LogP contribution in [0.4, 0.5) is 0 Å². The average Bonchev–Trinajstić information content (AvgIpc) is 3.12. The molecule has 8 heteroatoms. The molecule has 1 aromatic rings. The Balaban J connectivity index is 1.31. The fraction of sp³-hybridized carbons (Fsp3) is 0.583. The van der Waals surface area contributed by atoms with Gasteiger partial charge in [-0.3, -0.25) is 19.2 Å². The third kappa shape index (κ3) is 4.64. The molecule has 2 atom stereocenters. The Morgan fingerprint density at radius 1 is 1.12 bits per heavy atom. The van der Waals surface area contributed by atoms with Gasteiger partial charge in [0, 0.05) is 45.4 Å². The van der Waals surface area contributed by atoms with Crippen molar-refractivity contribution in [2.24, 2.45) is 0 Å². The molecule has 3 amide bonds. The highest BCUT2D eigenvalue weighted by Gasteiger charge is 2.44. The molecule has 3 aliphatic heterocycles. The summed E-state index contributed by atoms with van der Waals surface area (Å²) in [7, 11) is 0. The monoisotopic (exact) mass is 441 g/mol. The van der Waals surface area contributed by atoms with Crippen molar-refractivity contribution in [3.63, 3.8) is 0 Å². The number of carbonyl (C=O) groups excluding carboxylic acids is 4. The molecule has 4 rings (SSSR count). The molecule has 1 spiro atoms. The number of nitrogens with one attached hydrogen (secondary N) is 1. The molecule has 2 fully saturated rings. The van der Waals surface area contributed by atoms with Crippen molar-refractivity contribution >= 4 is 23.5 Å². The van der Waals surface area contributed by atoms with E-state index in [0.717, 1.165) is 13.0 Å². The number of ketones is 1. The Morgan fingerprint density at radius 2 is 1.94 bits per heavy atom. The van der Waals surface area contributed by atoms with E-state index < -0.39 is 11.6 Å². The molecule has 172 valence electrons. The van der Waals surface area contributed by atoms with Gasteiger partial charge < -0.3 is 19.9 Å². The molecule has 0 bridgehead atoms. The lowest BCUT2D eigenvalue weighted by atomic mass is 9.84. The first-order valence-corrected chi connectivity index (χ1v) is 11.5. The summed E-state index contributed by atoms with van der Waals surface area (Å²) >= 11 is 0. The largest absolute Gasteiger partial charge is 0.486 e. The number of fused-ring (bicyclic) bond motifs is 1. The van der Waals surface area contributed by atoms with E-state index in [2.05, 4.69) is 5.32 Å². The fourth-order valence-corrected chi connectivity index (χ4v) is 4.90. The molecule has 3 aliphatic rings. The van der Waals surface area contributed by atoms with Crippen LogP contribution in [-0.4, -0.2) is 71.1 Å². The minimum Gasteiger partial charge on any atom is -0.486 e. The number of Topliss-reactive ketones (excluding diaryl/α,β-unsaturated/α-hetero) is 1. The van der Waals surface area contributed by atoms with Gasteiger partial charge >= 0.3 is 0 Å². The summed E-state index contributed by atoms with van der Waals surface area (Å²) in [6.45, 7) is 4.00. The van der Waals surface area contributed by atoms with Crippen molar-refractivity contribution in [2.75, 3.05) is 26.2 Å². The molecule has 0 radical (unpaired) electrons. The van der Waals surface area contributed by atoms with Gasteiger partial charge in [-0.15, -0.1) is 0 Å². The molecule has 0 aliphatic carbocycles. The van der Waals surface area contributed by atoms with Crippen molar-refractivity contribution < 1.29 is 23.9 Å². The summed E-state index contributed by atoms with van der Waals surface area (Å²) in [6.07, 6.45) is 3.67. The first-order chi connectivity index (χ1) is 15.4. The molecule has 2 unspecified atom stereocenters. The Morgan fingerprint density at radius 3 is 2.72 bits per heavy atom. The SMILES string of the molecule is CC(C(=O)NCCCN1CCCC1=O)N1CCC2(CCC1=O)CC(=O)c1ccccc1O2. The Hall–Kier alpha value is -2.90. The van der Waals surface area contributed by atoms with Crippen molar-refractivity contribution in [3.8, 4) is 5.75 Å². The van der Waals surface area contributed by atoms with Crippen LogP contribution in [0.3, 0.4) is 0 Å². The first kappa shape index (κ1) is 22.3. The molecule has 0 saturated carbocycles. The highest BCUT2D eigenvalue weighted by atomic mass is 16.5. The standard InChI is InChI=1S/C24H31N3O5/c1-17(23(31)25-12-5-14-26-13-4-8-21(26)29)27-15-11-24(10-9-22(27)30)16-19(28)18-6-2-3-7-20(18)32-24/h2-3,6-7,17H,4-5,8-16H2,1H3,(H,25,31). The zero-order valence-electron chi connectivity index (χ0n) is 18.6. The molecule has 0 aromatic heterocycles. The topological polar surface area (TPSA) is 96.0 Å². The van der Waals surface area contributed by atoms with Crippen LogP contribution in [0.25, 0.3) is 0 Å². The Labute approximate surface area is 188 Å². The quantitative estimate of drug-likeness (QED) is 0.681. The molecule has 1 aromatic carbocycles. The van der Waals surface area contributed by atoms with E-state index in [9.17, 15) is 19.2 Å². The molecule has 8 nitrogen and oxygen atoms in total. The summed E-state index contributed by atoms with van der Waals surface area (Å²) in [5.41, 5.74) is -0.108. The summed E-state index contributed by atoms with van der Waals surface area (Å²) in [6, 6.07) is 6.62. The second kappa shape index (κ2) is 9.30. The van der Waals surface area contributed by atoms with Gasteiger partial charge in [-0.25, -0.2) is 0 Å². The smallest absolute Gasteiger partial charge is 0.242 e. The van der Waals surface area contributed by atoms with Gasteiger partial charge in [0.25, 0.3) is 0 Å². The number of likely N-dealkylation sites (tertiary alicyclic amines) is 2. The number of rotatable bonds is 6. The number of nitrogens with zero attached hydrogens (tertiary/aromatic N) is 2. The van der Waals surface area contributed by atoms with Gasteiger partial charge in [0.1, 0.15) is 17.4 Å². The van der Waals surface area contributed by atoms with Gasteiger partial charge in [0.15, 0.2) is 5.78 Å². The highest BCUT2D eigenvalue weighted by molar-refractivity contribution is 6.00. The van der Waals surface area contributed by atoms with Crippen LogP contribution in [0.1, 0.15) is 62.2 Å². The van der Waals surface area contributed by atoms with Crippen LogP contribution in [-0.2, 0) is 14.4 Å². The van der Waals surface area contributed by atoms with Crippen LogP contribution < -0.4 is 10.1 Å². The van der Waals surface area contributed by atoms with E-state index >= 15 is 0 Å². The molecule has 1 N–H and O–H groups in total. The van der Waals surface area contributed by atoms with E-state index in [1.54, 1.807) is 24.0 Å². The van der Waals surface area contributed by atoms with Gasteiger partial charge in [0.2, 0.25) is 17.7 Å². The summed E-state index contributed by atoms with van der Waals surface area (Å²) in [5.74, 6) is 0.497. The lowest BCUT2D eigenvalue weighted by Gasteiger charge is -2.37. The normalized spacial score (nSPS) is 24.2. The van der Waals surface area contributed by atoms with Crippen LogP contribution in [0.2, 0.25) is 0 Å². The summed E-state index contributed by atoms with van der Waals surface area (Å²) < 4.78 is 6.25. The third-order valence-electron chi connectivity index (χ3n) is 6.84. The van der Waals surface area contributed by atoms with E-state index in [0.29, 0.717) is 56.6 Å². The van der Waals surface area contributed by atoms with E-state index in [4.69, 9.17) is 4.74 Å². The molecule has 32 heavy (non-hydrogen) atoms. The van der Waals surface area contributed by atoms with Crippen LogP contribution in [0.15, 0.2) is 24.3 Å². The number of para-hydroxylation sites is 1. The predicted octanol–water partition coefficient (Wildman–Crippen LogP) is 1.92. The second-order valence-electron chi connectivity index (χ2n) is 9.02. The Bertz CT molecular complexity index is 917. The lowest BCUT2D eigenvalue weighted by molar-refractivity contribution is -0.139. The van der Waals surface area contributed by atoms with Gasteiger partial charge in [-0.2, -0.15) is 0 Å². The second-order valence-corrected chi connectivity index (χ2v) is 9.02. The molecule has 2 saturated heterocycles. The van der Waals surface area contributed by atoms with Gasteiger partial charge in [0.05, 0.1) is 12.0 Å². The molecular formula is C24H31N3O5. The minimum atomic E-state index is -0.700. The van der Waals surface area contributed by atoms with Crippen molar-refractivity contribution in [2.45, 2.75) is 63.5 Å². The maximum atomic E-state index is 12.8. The van der Waals surface area contributed by atoms with Gasteiger partial charge in [-0.05, 0) is 38.3 Å². The highest BCUT2D eigenvalue weighted by Crippen LogP contribution is 2.39. The maximum Gasteiger partial charge on any atom is 0.242 e. The summed E-state index contributed by atoms with van der Waals surface area (Å²) in [5, 5.41) is 2.89. The van der Waals surface area contributed by atoms with E-state index in [-0.39, 0.29) is 36.3 Å². The van der Waals surface area contributed by atoms with E-state index in [1.807, 2.05) is 17.0 Å². The number of carbonyl (C=O) groups is 4. The number of amides is 3. The number of hydrogen-bond acceptors (Lipinski definition) is 5. The van der Waals surface area contributed by atoms with Crippen LogP contribution in [0, 0.1) is 0 Å².